The fraction of sp³-hybridized carbons (Fsp3) is 0.538. The van der Waals surface area contributed by atoms with Crippen LogP contribution in [0.1, 0.15) is 33.3 Å². The summed E-state index contributed by atoms with van der Waals surface area (Å²) >= 11 is 0. The van der Waals surface area contributed by atoms with Crippen LogP contribution in [-0.2, 0) is 15.4 Å². The van der Waals surface area contributed by atoms with Crippen LogP contribution < -0.4 is 0 Å². The number of hydrogen-bond donors (Lipinski definition) is 1. The summed E-state index contributed by atoms with van der Waals surface area (Å²) in [7, 11) is 0. The van der Waals surface area contributed by atoms with Crippen molar-refractivity contribution >= 4 is 5.69 Å². The van der Waals surface area contributed by atoms with Crippen LogP contribution in [0.2, 0.25) is 0 Å². The Hall–Kier alpha value is -1.50. The molecule has 0 saturated carbocycles. The number of nitro benzene ring substituents is 1. The summed E-state index contributed by atoms with van der Waals surface area (Å²) in [6.07, 6.45) is 0. The first-order valence-corrected chi connectivity index (χ1v) is 5.95. The number of nitro groups is 1. The lowest BCUT2D eigenvalue weighted by Gasteiger charge is -2.29. The largest absolute Gasteiger partial charge is 0.339 e. The lowest BCUT2D eigenvalue weighted by Crippen LogP contribution is -2.41. The Labute approximate surface area is 111 Å². The van der Waals surface area contributed by atoms with Gasteiger partial charge < -0.3 is 14.6 Å². The van der Waals surface area contributed by atoms with Crippen molar-refractivity contribution in [3.63, 3.8) is 0 Å². The second-order valence-corrected chi connectivity index (χ2v) is 5.61. The number of hydrogen-bond acceptors (Lipinski definition) is 5. The zero-order chi connectivity index (χ0) is 14.5. The molecule has 19 heavy (non-hydrogen) atoms. The Morgan fingerprint density at radius 2 is 1.47 bits per heavy atom. The van der Waals surface area contributed by atoms with Crippen molar-refractivity contribution in [3.8, 4) is 0 Å². The topological polar surface area (TPSA) is 81.8 Å². The first-order valence-electron chi connectivity index (χ1n) is 5.95. The van der Waals surface area contributed by atoms with Gasteiger partial charge in [0.2, 0.25) is 0 Å². The fourth-order valence-electron chi connectivity index (χ4n) is 1.87. The molecule has 0 amide bonds. The minimum absolute atomic E-state index is 0.0520. The third-order valence-corrected chi connectivity index (χ3v) is 3.68. The van der Waals surface area contributed by atoms with Gasteiger partial charge in [-0.25, -0.2) is 0 Å². The summed E-state index contributed by atoms with van der Waals surface area (Å²) in [5.41, 5.74) is -1.10. The van der Waals surface area contributed by atoms with Gasteiger partial charge in [0.05, 0.1) is 16.1 Å². The number of rotatable bonds is 2. The highest BCUT2D eigenvalue weighted by atomic mass is 16.9. The second kappa shape index (κ2) is 4.00. The van der Waals surface area contributed by atoms with Crippen LogP contribution in [0.5, 0.6) is 0 Å². The Bertz CT molecular complexity index is 490. The molecule has 1 N–H and O–H groups in total. The van der Waals surface area contributed by atoms with Crippen LogP contribution >= 0.6 is 0 Å². The van der Waals surface area contributed by atoms with Gasteiger partial charge in [-0.3, -0.25) is 10.1 Å². The van der Waals surface area contributed by atoms with Gasteiger partial charge in [0.1, 0.15) is 0 Å². The Kier molecular flexibility index (Phi) is 2.93. The van der Waals surface area contributed by atoms with Crippen LogP contribution in [0.3, 0.4) is 0 Å². The van der Waals surface area contributed by atoms with Gasteiger partial charge in [0.15, 0.2) is 0 Å². The maximum atomic E-state index is 10.6. The number of benzene rings is 1. The first kappa shape index (κ1) is 13.9. The van der Waals surface area contributed by atoms with Crippen molar-refractivity contribution in [2.75, 3.05) is 0 Å². The Morgan fingerprint density at radius 1 is 1.05 bits per heavy atom. The van der Waals surface area contributed by atoms with Crippen LogP contribution in [0.25, 0.3) is 0 Å². The quantitative estimate of drug-likeness (QED) is 0.656. The summed E-state index contributed by atoms with van der Waals surface area (Å²) in [5, 5.41) is 21.0. The van der Waals surface area contributed by atoms with Crippen molar-refractivity contribution in [1.29, 1.82) is 0 Å². The van der Waals surface area contributed by atoms with E-state index in [2.05, 4.69) is 0 Å². The maximum Gasteiger partial charge on any atom is 0.310 e. The number of aliphatic hydroxyl groups is 1. The highest BCUT2D eigenvalue weighted by Crippen LogP contribution is 2.47. The minimum atomic E-state index is -1.89. The predicted molar refractivity (Wildman–Crippen MR) is 67.3 cm³/mol. The molecule has 1 saturated heterocycles. The van der Waals surface area contributed by atoms with Gasteiger partial charge in [-0.1, -0.05) is 0 Å². The molecule has 2 rings (SSSR count). The van der Waals surface area contributed by atoms with Crippen molar-refractivity contribution in [2.24, 2.45) is 0 Å². The molecule has 1 aromatic rings. The number of ether oxygens (including phenoxy) is 2. The SMILES string of the molecule is CC1(C)OC(O)(c2ccc([N+](=O)[O-])cc2)OC1(C)C. The molecule has 1 aliphatic heterocycles. The standard InChI is InChI=1S/C13H17NO5/c1-11(2)12(3,4)19-13(15,18-11)9-5-7-10(8-6-9)14(16)17/h5-8,15H,1-4H3. The average molecular weight is 267 g/mol. The van der Waals surface area contributed by atoms with Gasteiger partial charge in [-0.05, 0) is 39.8 Å². The van der Waals surface area contributed by atoms with E-state index in [9.17, 15) is 15.2 Å². The summed E-state index contributed by atoms with van der Waals surface area (Å²) in [5.74, 6) is -1.89. The van der Waals surface area contributed by atoms with Gasteiger partial charge >= 0.3 is 5.97 Å². The second-order valence-electron chi connectivity index (χ2n) is 5.61. The van der Waals surface area contributed by atoms with E-state index in [1.165, 1.54) is 24.3 Å². The molecule has 1 aliphatic rings. The molecule has 0 atom stereocenters. The minimum Gasteiger partial charge on any atom is -0.339 e. The molecule has 1 heterocycles. The van der Waals surface area contributed by atoms with E-state index < -0.39 is 22.1 Å². The van der Waals surface area contributed by atoms with E-state index in [0.29, 0.717) is 5.56 Å². The van der Waals surface area contributed by atoms with E-state index in [1.807, 2.05) is 27.7 Å². The predicted octanol–water partition coefficient (Wildman–Crippen LogP) is 2.30. The monoisotopic (exact) mass is 267 g/mol. The molecule has 6 nitrogen and oxygen atoms in total. The molecule has 0 radical (unpaired) electrons. The first-order chi connectivity index (χ1) is 8.57. The molecule has 0 spiro atoms. The summed E-state index contributed by atoms with van der Waals surface area (Å²) in [4.78, 5) is 10.1. The molecular weight excluding hydrogens is 250 g/mol. The van der Waals surface area contributed by atoms with E-state index in [1.54, 1.807) is 0 Å². The van der Waals surface area contributed by atoms with Crippen LogP contribution in [0.15, 0.2) is 24.3 Å². The summed E-state index contributed by atoms with van der Waals surface area (Å²) < 4.78 is 11.2. The Morgan fingerprint density at radius 3 is 1.84 bits per heavy atom. The Balaban J connectivity index is 2.35. The van der Waals surface area contributed by atoms with E-state index in [0.717, 1.165) is 0 Å². The molecule has 6 heteroatoms. The van der Waals surface area contributed by atoms with E-state index in [4.69, 9.17) is 9.47 Å². The number of non-ortho nitro benzene ring substituents is 1. The zero-order valence-corrected chi connectivity index (χ0v) is 11.3. The van der Waals surface area contributed by atoms with E-state index >= 15 is 0 Å². The normalized spacial score (nSPS) is 23.2. The molecule has 0 unspecified atom stereocenters. The average Bonchev–Trinajstić information content (AvgIpc) is 2.44. The molecule has 0 aliphatic carbocycles. The third-order valence-electron chi connectivity index (χ3n) is 3.68. The van der Waals surface area contributed by atoms with Crippen LogP contribution in [-0.4, -0.2) is 21.2 Å². The third kappa shape index (κ3) is 2.22. The molecule has 0 bridgehead atoms. The van der Waals surface area contributed by atoms with Crippen molar-refractivity contribution in [3.05, 3.63) is 39.9 Å². The molecule has 104 valence electrons. The molecule has 1 aromatic carbocycles. The fourth-order valence-corrected chi connectivity index (χ4v) is 1.87. The van der Waals surface area contributed by atoms with Gasteiger partial charge in [-0.2, -0.15) is 0 Å². The molecule has 1 fully saturated rings. The lowest BCUT2D eigenvalue weighted by atomic mass is 9.90. The molecular formula is C13H17NO5. The van der Waals surface area contributed by atoms with Crippen molar-refractivity contribution in [2.45, 2.75) is 44.9 Å². The molecule has 0 aromatic heterocycles. The van der Waals surface area contributed by atoms with Gasteiger partial charge in [0, 0.05) is 17.7 Å². The number of nitrogens with zero attached hydrogens (tertiary/aromatic N) is 1. The van der Waals surface area contributed by atoms with E-state index in [-0.39, 0.29) is 5.69 Å². The lowest BCUT2D eigenvalue weighted by molar-refractivity contribution is -0.385. The van der Waals surface area contributed by atoms with Crippen molar-refractivity contribution in [1.82, 2.24) is 0 Å². The highest BCUT2D eigenvalue weighted by molar-refractivity contribution is 5.34. The summed E-state index contributed by atoms with van der Waals surface area (Å²) in [6, 6.07) is 5.46. The van der Waals surface area contributed by atoms with Gasteiger partial charge in [0.25, 0.3) is 5.69 Å². The van der Waals surface area contributed by atoms with Crippen LogP contribution in [0, 0.1) is 10.1 Å². The van der Waals surface area contributed by atoms with Crippen LogP contribution in [0.4, 0.5) is 5.69 Å². The zero-order valence-electron chi connectivity index (χ0n) is 11.3. The highest BCUT2D eigenvalue weighted by Gasteiger charge is 2.57. The summed E-state index contributed by atoms with van der Waals surface area (Å²) in [6.45, 7) is 7.26. The van der Waals surface area contributed by atoms with Gasteiger partial charge in [-0.15, -0.1) is 0 Å². The maximum absolute atomic E-state index is 10.6. The van der Waals surface area contributed by atoms with Crippen molar-refractivity contribution < 1.29 is 19.5 Å². The smallest absolute Gasteiger partial charge is 0.310 e.